The molecule has 0 aromatic carbocycles. The number of rotatable bonds is 6. The molecule has 15 heavy (non-hydrogen) atoms. The molecule has 1 unspecified atom stereocenters. The van der Waals surface area contributed by atoms with E-state index >= 15 is 0 Å². The molecular formula is C13H24N2. The van der Waals surface area contributed by atoms with Gasteiger partial charge in [0.15, 0.2) is 0 Å². The Balaban J connectivity index is 2.61. The molecule has 1 heterocycles. The molecule has 0 radical (unpaired) electrons. The molecule has 1 N–H and O–H groups in total. The van der Waals surface area contributed by atoms with E-state index in [2.05, 4.69) is 36.4 Å². The Morgan fingerprint density at radius 2 is 2.20 bits per heavy atom. The van der Waals surface area contributed by atoms with Crippen LogP contribution in [-0.4, -0.2) is 30.1 Å². The summed E-state index contributed by atoms with van der Waals surface area (Å²) in [5.41, 5.74) is 0.106. The van der Waals surface area contributed by atoms with Crippen molar-refractivity contribution in [2.75, 3.05) is 19.6 Å². The Morgan fingerprint density at radius 1 is 1.40 bits per heavy atom. The maximum absolute atomic E-state index is 4.00. The van der Waals surface area contributed by atoms with Gasteiger partial charge < -0.3 is 10.2 Å². The quantitative estimate of drug-likeness (QED) is 0.533. The molecule has 0 amide bonds. The van der Waals surface area contributed by atoms with Gasteiger partial charge in [-0.25, -0.2) is 0 Å². The largest absolute Gasteiger partial charge is 0.366 e. The van der Waals surface area contributed by atoms with Crippen LogP contribution in [0.25, 0.3) is 0 Å². The summed E-state index contributed by atoms with van der Waals surface area (Å²) < 4.78 is 0. The molecule has 0 aliphatic carbocycles. The van der Waals surface area contributed by atoms with Gasteiger partial charge in [-0.05, 0) is 12.6 Å². The molecule has 1 rings (SSSR count). The standard InChI is InChI=1S/C13H24N2/c1-4-7-8-9-13(5-2)12-14-10-11-15(13)6-3/h5-6,14H,2-4,7-12H2,1H3. The van der Waals surface area contributed by atoms with Crippen LogP contribution >= 0.6 is 0 Å². The maximum atomic E-state index is 4.00. The highest BCUT2D eigenvalue weighted by Crippen LogP contribution is 2.26. The molecule has 86 valence electrons. The van der Waals surface area contributed by atoms with Crippen molar-refractivity contribution < 1.29 is 0 Å². The van der Waals surface area contributed by atoms with Crippen molar-refractivity contribution in [1.82, 2.24) is 10.2 Å². The minimum atomic E-state index is 0.106. The lowest BCUT2D eigenvalue weighted by Crippen LogP contribution is -2.57. The second-order valence-corrected chi connectivity index (χ2v) is 4.32. The molecule has 0 bridgehead atoms. The van der Waals surface area contributed by atoms with Crippen molar-refractivity contribution in [3.8, 4) is 0 Å². The Morgan fingerprint density at radius 3 is 2.80 bits per heavy atom. The molecule has 0 aromatic rings. The summed E-state index contributed by atoms with van der Waals surface area (Å²) in [5.74, 6) is 0. The molecule has 0 spiro atoms. The van der Waals surface area contributed by atoms with Crippen LogP contribution in [0.4, 0.5) is 0 Å². The lowest BCUT2D eigenvalue weighted by Gasteiger charge is -2.45. The maximum Gasteiger partial charge on any atom is 0.0701 e. The summed E-state index contributed by atoms with van der Waals surface area (Å²) in [7, 11) is 0. The highest BCUT2D eigenvalue weighted by atomic mass is 15.2. The number of nitrogens with one attached hydrogen (secondary N) is 1. The molecular weight excluding hydrogens is 184 g/mol. The minimum Gasteiger partial charge on any atom is -0.366 e. The number of piperazine rings is 1. The lowest BCUT2D eigenvalue weighted by atomic mass is 9.88. The van der Waals surface area contributed by atoms with Gasteiger partial charge in [0.2, 0.25) is 0 Å². The first-order valence-electron chi connectivity index (χ1n) is 6.02. The van der Waals surface area contributed by atoms with Crippen LogP contribution in [0.15, 0.2) is 25.4 Å². The molecule has 2 heteroatoms. The zero-order valence-electron chi connectivity index (χ0n) is 9.97. The number of hydrogen-bond donors (Lipinski definition) is 1. The molecule has 2 nitrogen and oxygen atoms in total. The van der Waals surface area contributed by atoms with Crippen molar-refractivity contribution in [1.29, 1.82) is 0 Å². The van der Waals surface area contributed by atoms with E-state index in [0.717, 1.165) is 19.6 Å². The third-order valence-corrected chi connectivity index (χ3v) is 3.35. The minimum absolute atomic E-state index is 0.106. The highest BCUT2D eigenvalue weighted by molar-refractivity contribution is 5.10. The predicted molar refractivity (Wildman–Crippen MR) is 66.8 cm³/mol. The summed E-state index contributed by atoms with van der Waals surface area (Å²) in [6.45, 7) is 13.3. The first kappa shape index (κ1) is 12.3. The van der Waals surface area contributed by atoms with E-state index in [-0.39, 0.29) is 5.54 Å². The van der Waals surface area contributed by atoms with Gasteiger partial charge >= 0.3 is 0 Å². The van der Waals surface area contributed by atoms with E-state index in [0.29, 0.717) is 0 Å². The Hall–Kier alpha value is -0.760. The third kappa shape index (κ3) is 2.85. The third-order valence-electron chi connectivity index (χ3n) is 3.35. The van der Waals surface area contributed by atoms with Crippen LogP contribution in [0.5, 0.6) is 0 Å². The van der Waals surface area contributed by atoms with Crippen molar-refractivity contribution in [2.45, 2.75) is 38.1 Å². The Bertz CT molecular complexity index is 213. The molecule has 1 saturated heterocycles. The van der Waals surface area contributed by atoms with Crippen molar-refractivity contribution >= 4 is 0 Å². The topological polar surface area (TPSA) is 15.3 Å². The fourth-order valence-corrected chi connectivity index (χ4v) is 2.31. The zero-order chi connectivity index (χ0) is 11.1. The SMILES string of the molecule is C=CN1CCNCC1(C=C)CCCCC. The molecule has 1 aliphatic heterocycles. The van der Waals surface area contributed by atoms with E-state index in [1.165, 1.54) is 25.7 Å². The molecule has 1 aliphatic rings. The normalized spacial score (nSPS) is 26.3. The Labute approximate surface area is 94.0 Å². The molecule has 0 saturated carbocycles. The summed E-state index contributed by atoms with van der Waals surface area (Å²) in [4.78, 5) is 2.34. The van der Waals surface area contributed by atoms with Crippen LogP contribution < -0.4 is 5.32 Å². The van der Waals surface area contributed by atoms with Crippen molar-refractivity contribution in [3.05, 3.63) is 25.4 Å². The number of hydrogen-bond acceptors (Lipinski definition) is 2. The molecule has 1 fully saturated rings. The van der Waals surface area contributed by atoms with Gasteiger partial charge in [0.1, 0.15) is 0 Å². The average molecular weight is 208 g/mol. The lowest BCUT2D eigenvalue weighted by molar-refractivity contribution is 0.144. The monoisotopic (exact) mass is 208 g/mol. The van der Waals surface area contributed by atoms with E-state index in [1.807, 2.05) is 6.20 Å². The van der Waals surface area contributed by atoms with Gasteiger partial charge in [-0.2, -0.15) is 0 Å². The summed E-state index contributed by atoms with van der Waals surface area (Å²) in [6.07, 6.45) is 9.10. The average Bonchev–Trinajstić information content (AvgIpc) is 2.30. The van der Waals surface area contributed by atoms with Crippen molar-refractivity contribution in [2.24, 2.45) is 0 Å². The first-order chi connectivity index (χ1) is 7.29. The Kier molecular flexibility index (Phi) is 4.89. The van der Waals surface area contributed by atoms with E-state index < -0.39 is 0 Å². The van der Waals surface area contributed by atoms with Crippen molar-refractivity contribution in [3.63, 3.8) is 0 Å². The number of nitrogens with zero attached hydrogens (tertiary/aromatic N) is 1. The van der Waals surface area contributed by atoms with Gasteiger partial charge in [0, 0.05) is 19.6 Å². The second kappa shape index (κ2) is 5.96. The fourth-order valence-electron chi connectivity index (χ4n) is 2.31. The predicted octanol–water partition coefficient (Wildman–Crippen LogP) is 2.54. The highest BCUT2D eigenvalue weighted by Gasteiger charge is 2.33. The second-order valence-electron chi connectivity index (χ2n) is 4.32. The fraction of sp³-hybridized carbons (Fsp3) is 0.692. The van der Waals surface area contributed by atoms with Crippen LogP contribution in [0.2, 0.25) is 0 Å². The smallest absolute Gasteiger partial charge is 0.0701 e. The van der Waals surface area contributed by atoms with Gasteiger partial charge in [-0.3, -0.25) is 0 Å². The number of unbranched alkanes of at least 4 members (excludes halogenated alkanes) is 2. The summed E-state index contributed by atoms with van der Waals surface area (Å²) >= 11 is 0. The zero-order valence-corrected chi connectivity index (χ0v) is 9.97. The van der Waals surface area contributed by atoms with Crippen LogP contribution in [-0.2, 0) is 0 Å². The first-order valence-corrected chi connectivity index (χ1v) is 6.02. The van der Waals surface area contributed by atoms with E-state index in [9.17, 15) is 0 Å². The summed E-state index contributed by atoms with van der Waals surface area (Å²) in [6, 6.07) is 0. The van der Waals surface area contributed by atoms with Gasteiger partial charge in [-0.15, -0.1) is 6.58 Å². The van der Waals surface area contributed by atoms with Crippen LogP contribution in [0.1, 0.15) is 32.6 Å². The molecule has 0 aromatic heterocycles. The van der Waals surface area contributed by atoms with Gasteiger partial charge in [0.05, 0.1) is 5.54 Å². The summed E-state index contributed by atoms with van der Waals surface area (Å²) in [5, 5.41) is 3.46. The van der Waals surface area contributed by atoms with Crippen LogP contribution in [0.3, 0.4) is 0 Å². The van der Waals surface area contributed by atoms with E-state index in [1.54, 1.807) is 0 Å². The van der Waals surface area contributed by atoms with Gasteiger partial charge in [-0.1, -0.05) is 38.8 Å². The molecule has 1 atom stereocenters. The van der Waals surface area contributed by atoms with Gasteiger partial charge in [0.25, 0.3) is 0 Å². The van der Waals surface area contributed by atoms with E-state index in [4.69, 9.17) is 0 Å². The van der Waals surface area contributed by atoms with Crippen LogP contribution in [0, 0.1) is 0 Å².